The lowest BCUT2D eigenvalue weighted by atomic mass is 9.79. The van der Waals surface area contributed by atoms with Gasteiger partial charge in [0.25, 0.3) is 5.91 Å². The minimum atomic E-state index is -0.898. The van der Waals surface area contributed by atoms with Crippen molar-refractivity contribution in [2.45, 2.75) is 26.4 Å². The van der Waals surface area contributed by atoms with Crippen molar-refractivity contribution >= 4 is 24.2 Å². The van der Waals surface area contributed by atoms with Crippen LogP contribution in [0.15, 0.2) is 48.7 Å². The Hall–Kier alpha value is -2.67. The van der Waals surface area contributed by atoms with Gasteiger partial charge in [0.2, 0.25) is 0 Å². The second-order valence-corrected chi connectivity index (χ2v) is 6.68. The fourth-order valence-corrected chi connectivity index (χ4v) is 2.60. The monoisotopic (exact) mass is 357 g/mol. The van der Waals surface area contributed by atoms with Gasteiger partial charge < -0.3 is 14.6 Å². The second kappa shape index (κ2) is 6.57. The molecule has 26 heavy (non-hydrogen) atoms. The summed E-state index contributed by atoms with van der Waals surface area (Å²) in [5.74, 6) is -2.11. The molecule has 3 rings (SSSR count). The van der Waals surface area contributed by atoms with Gasteiger partial charge in [-0.15, -0.1) is 0 Å². The number of aryl methyl sites for hydroxylation is 1. The average Bonchev–Trinajstić information content (AvgIpc) is 2.80. The molecule has 1 heterocycles. The van der Waals surface area contributed by atoms with Crippen LogP contribution in [0.1, 0.15) is 29.8 Å². The van der Waals surface area contributed by atoms with Crippen LogP contribution >= 0.6 is 0 Å². The normalized spacial score (nSPS) is 15.7. The SMILES string of the molecule is C=C1OB(c2ccc(NC(=O)c3c(F)cc(C)cc3F)cc2)OC1(C)C. The fourth-order valence-electron chi connectivity index (χ4n) is 2.60. The van der Waals surface area contributed by atoms with Crippen LogP contribution in [0.5, 0.6) is 0 Å². The van der Waals surface area contributed by atoms with Crippen molar-refractivity contribution in [1.29, 1.82) is 0 Å². The van der Waals surface area contributed by atoms with Gasteiger partial charge in [0.15, 0.2) is 0 Å². The summed E-state index contributed by atoms with van der Waals surface area (Å²) >= 11 is 0. The molecule has 1 aliphatic heterocycles. The Balaban J connectivity index is 1.74. The molecule has 1 saturated heterocycles. The number of amides is 1. The summed E-state index contributed by atoms with van der Waals surface area (Å²) < 4.78 is 39.2. The molecule has 0 unspecified atom stereocenters. The van der Waals surface area contributed by atoms with Crippen molar-refractivity contribution in [2.24, 2.45) is 0 Å². The molecule has 0 bridgehead atoms. The molecule has 0 radical (unpaired) electrons. The Morgan fingerprint density at radius 3 is 2.23 bits per heavy atom. The first-order valence-electron chi connectivity index (χ1n) is 8.08. The molecular weight excluding hydrogens is 339 g/mol. The van der Waals surface area contributed by atoms with Crippen LogP contribution in [-0.2, 0) is 9.31 Å². The molecular formula is C19H18BF2NO3. The highest BCUT2D eigenvalue weighted by atomic mass is 19.1. The first kappa shape index (κ1) is 18.1. The minimum Gasteiger partial charge on any atom is -0.534 e. The molecule has 0 aliphatic carbocycles. The van der Waals surface area contributed by atoms with Crippen molar-refractivity contribution in [2.75, 3.05) is 5.32 Å². The van der Waals surface area contributed by atoms with Crippen molar-refractivity contribution in [3.63, 3.8) is 0 Å². The smallest absolute Gasteiger partial charge is 0.534 e. The van der Waals surface area contributed by atoms with Gasteiger partial charge in [0.05, 0.1) is 5.76 Å². The molecule has 2 aromatic carbocycles. The van der Waals surface area contributed by atoms with Gasteiger partial charge in [-0.1, -0.05) is 18.7 Å². The first-order valence-corrected chi connectivity index (χ1v) is 8.08. The predicted octanol–water partition coefficient (Wildman–Crippen LogP) is 3.56. The molecule has 134 valence electrons. The van der Waals surface area contributed by atoms with Crippen molar-refractivity contribution in [3.05, 3.63) is 71.5 Å². The van der Waals surface area contributed by atoms with E-state index in [1.54, 1.807) is 31.2 Å². The maximum absolute atomic E-state index is 13.9. The van der Waals surface area contributed by atoms with Gasteiger partial charge in [-0.25, -0.2) is 8.78 Å². The molecule has 1 amide bonds. The van der Waals surface area contributed by atoms with Crippen LogP contribution in [0.25, 0.3) is 0 Å². The Bertz CT molecular complexity index is 858. The third-order valence-corrected chi connectivity index (χ3v) is 4.18. The van der Waals surface area contributed by atoms with Crippen molar-refractivity contribution in [3.8, 4) is 0 Å². The number of carbonyl (C=O) groups is 1. The Morgan fingerprint density at radius 2 is 1.73 bits per heavy atom. The van der Waals surface area contributed by atoms with E-state index in [4.69, 9.17) is 9.31 Å². The number of hydrogen-bond acceptors (Lipinski definition) is 3. The summed E-state index contributed by atoms with van der Waals surface area (Å²) in [6.07, 6.45) is 0. The Kier molecular flexibility index (Phi) is 4.58. The molecule has 1 fully saturated rings. The van der Waals surface area contributed by atoms with Crippen molar-refractivity contribution < 1.29 is 22.9 Å². The summed E-state index contributed by atoms with van der Waals surface area (Å²) in [5.41, 5.74) is 0.344. The van der Waals surface area contributed by atoms with Crippen LogP contribution in [0.3, 0.4) is 0 Å². The second-order valence-electron chi connectivity index (χ2n) is 6.68. The van der Waals surface area contributed by atoms with E-state index in [2.05, 4.69) is 11.9 Å². The fraction of sp³-hybridized carbons (Fsp3) is 0.211. The molecule has 0 atom stereocenters. The van der Waals surface area contributed by atoms with Gasteiger partial charge in [-0.2, -0.15) is 0 Å². The number of hydrogen-bond donors (Lipinski definition) is 1. The standard InChI is InChI=1S/C19H18BF2NO3/c1-11-9-15(21)17(16(22)10-11)18(24)23-14-7-5-13(6-8-14)20-25-12(2)19(3,4)26-20/h5-10H,2H2,1,3-4H3,(H,23,24). The van der Waals surface area contributed by atoms with Crippen molar-refractivity contribution in [1.82, 2.24) is 0 Å². The van der Waals surface area contributed by atoms with Crippen LogP contribution in [0.2, 0.25) is 0 Å². The van der Waals surface area contributed by atoms with Gasteiger partial charge in [0, 0.05) is 5.69 Å². The van der Waals surface area contributed by atoms with E-state index in [-0.39, 0.29) is 0 Å². The Labute approximate surface area is 151 Å². The average molecular weight is 357 g/mol. The zero-order valence-corrected chi connectivity index (χ0v) is 14.7. The van der Waals surface area contributed by atoms with Gasteiger partial charge in [-0.05, 0) is 56.1 Å². The molecule has 7 heteroatoms. The number of anilines is 1. The maximum atomic E-state index is 13.9. The number of benzene rings is 2. The molecule has 0 saturated carbocycles. The number of rotatable bonds is 3. The molecule has 1 aliphatic rings. The summed E-state index contributed by atoms with van der Waals surface area (Å²) in [4.78, 5) is 12.2. The maximum Gasteiger partial charge on any atom is 0.563 e. The summed E-state index contributed by atoms with van der Waals surface area (Å²) in [7, 11) is -0.589. The van der Waals surface area contributed by atoms with Gasteiger partial charge >= 0.3 is 7.12 Å². The van der Waals surface area contributed by atoms with E-state index in [0.717, 1.165) is 17.6 Å². The quantitative estimate of drug-likeness (QED) is 0.855. The van der Waals surface area contributed by atoms with Gasteiger partial charge in [0.1, 0.15) is 22.8 Å². The van der Waals surface area contributed by atoms with E-state index in [9.17, 15) is 13.6 Å². The predicted molar refractivity (Wildman–Crippen MR) is 96.3 cm³/mol. The molecule has 0 aromatic heterocycles. The summed E-state index contributed by atoms with van der Waals surface area (Å²) in [6, 6.07) is 8.86. The number of carbonyl (C=O) groups excluding carboxylic acids is 1. The highest BCUT2D eigenvalue weighted by molar-refractivity contribution is 6.62. The highest BCUT2D eigenvalue weighted by Gasteiger charge is 2.42. The number of nitrogens with one attached hydrogen (secondary N) is 1. The van der Waals surface area contributed by atoms with E-state index in [0.29, 0.717) is 17.0 Å². The topological polar surface area (TPSA) is 47.6 Å². The van der Waals surface area contributed by atoms with E-state index in [1.807, 2.05) is 13.8 Å². The largest absolute Gasteiger partial charge is 0.563 e. The van der Waals surface area contributed by atoms with Crippen LogP contribution in [-0.4, -0.2) is 18.6 Å². The van der Waals surface area contributed by atoms with E-state index < -0.39 is 35.8 Å². The summed E-state index contributed by atoms with van der Waals surface area (Å²) in [5, 5.41) is 2.48. The van der Waals surface area contributed by atoms with E-state index >= 15 is 0 Å². The first-order chi connectivity index (χ1) is 12.2. The van der Waals surface area contributed by atoms with Gasteiger partial charge in [-0.3, -0.25) is 4.79 Å². The summed E-state index contributed by atoms with van der Waals surface area (Å²) in [6.45, 7) is 9.08. The highest BCUT2D eigenvalue weighted by Crippen LogP contribution is 2.29. The van der Waals surface area contributed by atoms with Crippen LogP contribution in [0.4, 0.5) is 14.5 Å². The zero-order valence-electron chi connectivity index (χ0n) is 14.7. The van der Waals surface area contributed by atoms with E-state index in [1.165, 1.54) is 0 Å². The molecule has 1 N–H and O–H groups in total. The lowest BCUT2D eigenvalue weighted by Gasteiger charge is -2.15. The molecule has 4 nitrogen and oxygen atoms in total. The number of halogens is 2. The zero-order chi connectivity index (χ0) is 19.1. The Morgan fingerprint density at radius 1 is 1.15 bits per heavy atom. The van der Waals surface area contributed by atoms with Crippen LogP contribution in [0, 0.1) is 18.6 Å². The lowest BCUT2D eigenvalue weighted by molar-refractivity contribution is 0.101. The van der Waals surface area contributed by atoms with Crippen LogP contribution < -0.4 is 10.8 Å². The third kappa shape index (κ3) is 3.48. The molecule has 2 aromatic rings. The lowest BCUT2D eigenvalue weighted by Crippen LogP contribution is -2.34. The minimum absolute atomic E-state index is 0.397. The molecule has 0 spiro atoms. The third-order valence-electron chi connectivity index (χ3n) is 4.18.